The fourth-order valence-electron chi connectivity index (χ4n) is 2.84. The van der Waals surface area contributed by atoms with Crippen molar-refractivity contribution < 1.29 is 5.11 Å². The first-order valence-corrected chi connectivity index (χ1v) is 8.34. The second kappa shape index (κ2) is 7.51. The topological polar surface area (TPSA) is 25.2 Å². The molecule has 2 aromatic rings. The minimum atomic E-state index is -0.540. The van der Waals surface area contributed by atoms with Crippen LogP contribution in [0.15, 0.2) is 24.3 Å². The second-order valence-corrected chi connectivity index (χ2v) is 6.03. The Morgan fingerprint density at radius 3 is 2.68 bits per heavy atom. The molecule has 0 aliphatic rings. The summed E-state index contributed by atoms with van der Waals surface area (Å²) in [5.74, 6) is 6.36. The maximum atomic E-state index is 10.7. The highest BCUT2D eigenvalue weighted by Crippen LogP contribution is 2.29. The minimum Gasteiger partial charge on any atom is -0.386 e. The highest BCUT2D eigenvalue weighted by molar-refractivity contribution is 5.82. The van der Waals surface area contributed by atoms with Crippen molar-refractivity contribution >= 4 is 10.9 Å². The lowest BCUT2D eigenvalue weighted by molar-refractivity contribution is 0.135. The normalized spacial score (nSPS) is 13.7. The molecular weight excluding hydrogens is 270 g/mol. The van der Waals surface area contributed by atoms with Gasteiger partial charge >= 0.3 is 0 Å². The van der Waals surface area contributed by atoms with Gasteiger partial charge in [0.15, 0.2) is 0 Å². The molecule has 0 amide bonds. The van der Waals surface area contributed by atoms with Gasteiger partial charge in [0.2, 0.25) is 0 Å². The lowest BCUT2D eigenvalue weighted by atomic mass is 10.0. The van der Waals surface area contributed by atoms with E-state index in [1.807, 2.05) is 6.92 Å². The quantitative estimate of drug-likeness (QED) is 0.620. The third-order valence-corrected chi connectivity index (χ3v) is 4.17. The number of nitrogens with zero attached hydrogens (tertiary/aromatic N) is 1. The minimum absolute atomic E-state index is 0.0486. The molecule has 0 radical (unpaired) electrons. The van der Waals surface area contributed by atoms with Gasteiger partial charge in [-0.15, -0.1) is 5.92 Å². The van der Waals surface area contributed by atoms with Gasteiger partial charge in [-0.25, -0.2) is 0 Å². The van der Waals surface area contributed by atoms with Crippen LogP contribution in [0, 0.1) is 24.7 Å². The lowest BCUT2D eigenvalue weighted by Crippen LogP contribution is -2.12. The van der Waals surface area contributed by atoms with E-state index in [4.69, 9.17) is 0 Å². The zero-order valence-electron chi connectivity index (χ0n) is 14.2. The second-order valence-electron chi connectivity index (χ2n) is 6.03. The van der Waals surface area contributed by atoms with Crippen molar-refractivity contribution in [2.24, 2.45) is 5.92 Å². The fourth-order valence-corrected chi connectivity index (χ4v) is 2.84. The van der Waals surface area contributed by atoms with Crippen molar-refractivity contribution in [3.63, 3.8) is 0 Å². The molecule has 1 aromatic carbocycles. The summed E-state index contributed by atoms with van der Waals surface area (Å²) in [5.41, 5.74) is 3.41. The lowest BCUT2D eigenvalue weighted by Gasteiger charge is -2.17. The molecule has 2 unspecified atom stereocenters. The number of hydrogen-bond donors (Lipinski definition) is 1. The van der Waals surface area contributed by atoms with E-state index >= 15 is 0 Å². The van der Waals surface area contributed by atoms with Crippen molar-refractivity contribution in [1.29, 1.82) is 0 Å². The molecule has 1 heterocycles. The van der Waals surface area contributed by atoms with E-state index in [-0.39, 0.29) is 5.92 Å². The molecule has 0 saturated carbocycles. The van der Waals surface area contributed by atoms with Crippen molar-refractivity contribution in [2.75, 3.05) is 0 Å². The van der Waals surface area contributed by atoms with Gasteiger partial charge in [0.05, 0.1) is 0 Å². The highest BCUT2D eigenvalue weighted by atomic mass is 16.3. The van der Waals surface area contributed by atoms with Crippen LogP contribution in [0.1, 0.15) is 57.4 Å². The molecule has 0 saturated heterocycles. The maximum Gasteiger partial charge on any atom is 0.107 e. The van der Waals surface area contributed by atoms with Gasteiger partial charge < -0.3 is 9.67 Å². The predicted molar refractivity (Wildman–Crippen MR) is 93.8 cm³/mol. The Balaban J connectivity index is 2.30. The molecule has 1 aromatic heterocycles. The van der Waals surface area contributed by atoms with E-state index in [0.717, 1.165) is 31.5 Å². The molecule has 22 heavy (non-hydrogen) atoms. The third-order valence-electron chi connectivity index (χ3n) is 4.17. The molecule has 118 valence electrons. The van der Waals surface area contributed by atoms with E-state index in [0.29, 0.717) is 0 Å². The Morgan fingerprint density at radius 2 is 2.00 bits per heavy atom. The van der Waals surface area contributed by atoms with Crippen molar-refractivity contribution in [2.45, 2.75) is 59.6 Å². The summed E-state index contributed by atoms with van der Waals surface area (Å²) in [6.07, 6.45) is 2.67. The molecule has 0 aliphatic carbocycles. The van der Waals surface area contributed by atoms with E-state index in [1.54, 1.807) is 0 Å². The summed E-state index contributed by atoms with van der Waals surface area (Å²) >= 11 is 0. The molecule has 2 nitrogen and oxygen atoms in total. The number of fused-ring (bicyclic) bond motifs is 1. The highest BCUT2D eigenvalue weighted by Gasteiger charge is 2.20. The van der Waals surface area contributed by atoms with Gasteiger partial charge in [-0.1, -0.05) is 30.9 Å². The van der Waals surface area contributed by atoms with E-state index in [9.17, 15) is 5.11 Å². The predicted octanol–water partition coefficient (Wildman–Crippen LogP) is 4.83. The molecule has 0 spiro atoms. The summed E-state index contributed by atoms with van der Waals surface area (Å²) in [5, 5.41) is 11.9. The van der Waals surface area contributed by atoms with Crippen molar-refractivity contribution in [3.8, 4) is 11.8 Å². The van der Waals surface area contributed by atoms with E-state index in [1.165, 1.54) is 16.5 Å². The molecule has 0 bridgehead atoms. The van der Waals surface area contributed by atoms with Crippen LogP contribution in [0.3, 0.4) is 0 Å². The molecule has 1 N–H and O–H groups in total. The fraction of sp³-hybridized carbons (Fsp3) is 0.500. The zero-order valence-corrected chi connectivity index (χ0v) is 14.2. The van der Waals surface area contributed by atoms with Crippen LogP contribution < -0.4 is 0 Å². The summed E-state index contributed by atoms with van der Waals surface area (Å²) in [6.45, 7) is 9.25. The maximum absolute atomic E-state index is 10.7. The molecule has 2 atom stereocenters. The van der Waals surface area contributed by atoms with Gasteiger partial charge in [-0.3, -0.25) is 0 Å². The average Bonchev–Trinajstić information content (AvgIpc) is 2.87. The van der Waals surface area contributed by atoms with Crippen molar-refractivity contribution in [1.82, 2.24) is 4.57 Å². The number of unbranched alkanes of at least 4 members (excludes halogenated alkanes) is 2. The van der Waals surface area contributed by atoms with Crippen LogP contribution in [-0.4, -0.2) is 9.67 Å². The summed E-state index contributed by atoms with van der Waals surface area (Å²) < 4.78 is 2.20. The number of benzene rings is 1. The largest absolute Gasteiger partial charge is 0.386 e. The van der Waals surface area contributed by atoms with Crippen LogP contribution >= 0.6 is 0 Å². The van der Waals surface area contributed by atoms with Gasteiger partial charge in [-0.2, -0.15) is 0 Å². The van der Waals surface area contributed by atoms with Crippen LogP contribution in [0.5, 0.6) is 0 Å². The van der Waals surface area contributed by atoms with Gasteiger partial charge in [-0.05, 0) is 45.4 Å². The van der Waals surface area contributed by atoms with E-state index < -0.39 is 6.10 Å². The number of rotatable bonds is 5. The molecular formula is C20H27NO. The number of hydrogen-bond acceptors (Lipinski definition) is 1. The first-order valence-electron chi connectivity index (χ1n) is 8.34. The number of aliphatic hydroxyl groups is 1. The smallest absolute Gasteiger partial charge is 0.107 e. The summed E-state index contributed by atoms with van der Waals surface area (Å²) in [7, 11) is 0. The standard InChI is InChI=1S/C20H27NO/c1-5-7-8-9-10-16(4)20(22)19-14-17-13-15(3)11-12-18(17)21(19)6-2/h11-14,16,20,22H,5-8H2,1-4H3. The number of aryl methyl sites for hydroxylation is 2. The van der Waals surface area contributed by atoms with Crippen molar-refractivity contribution in [3.05, 3.63) is 35.5 Å². The van der Waals surface area contributed by atoms with Gasteiger partial charge in [0.25, 0.3) is 0 Å². The number of aliphatic hydroxyl groups excluding tert-OH is 1. The SMILES string of the molecule is CCCCC#CC(C)C(O)c1cc2cc(C)ccc2n1CC. The van der Waals surface area contributed by atoms with E-state index in [2.05, 4.69) is 61.4 Å². The Morgan fingerprint density at radius 1 is 1.23 bits per heavy atom. The van der Waals surface area contributed by atoms with Crippen LogP contribution in [-0.2, 0) is 6.54 Å². The Labute approximate surface area is 134 Å². The van der Waals surface area contributed by atoms with Crippen LogP contribution in [0.2, 0.25) is 0 Å². The van der Waals surface area contributed by atoms with Gasteiger partial charge in [0.1, 0.15) is 6.10 Å². The first kappa shape index (κ1) is 16.6. The zero-order chi connectivity index (χ0) is 16.1. The molecule has 2 rings (SSSR count). The van der Waals surface area contributed by atoms with Crippen LogP contribution in [0.25, 0.3) is 10.9 Å². The van der Waals surface area contributed by atoms with Gasteiger partial charge in [0, 0.05) is 35.5 Å². The molecule has 0 fully saturated rings. The number of aromatic nitrogens is 1. The average molecular weight is 297 g/mol. The molecule has 0 aliphatic heterocycles. The Bertz CT molecular complexity index is 687. The third kappa shape index (κ3) is 3.54. The van der Waals surface area contributed by atoms with Crippen LogP contribution in [0.4, 0.5) is 0 Å². The molecule has 2 heteroatoms. The Hall–Kier alpha value is -1.72. The Kier molecular flexibility index (Phi) is 5.69. The first-order chi connectivity index (χ1) is 10.6. The summed E-state index contributed by atoms with van der Waals surface area (Å²) in [6, 6.07) is 8.55. The monoisotopic (exact) mass is 297 g/mol. The summed E-state index contributed by atoms with van der Waals surface area (Å²) in [4.78, 5) is 0.